The number of carbonyl (C=O) groups is 1. The fourth-order valence-corrected chi connectivity index (χ4v) is 3.26. The lowest BCUT2D eigenvalue weighted by atomic mass is 9.72. The van der Waals surface area contributed by atoms with Gasteiger partial charge in [0.05, 0.1) is 5.41 Å². The van der Waals surface area contributed by atoms with Crippen LogP contribution in [0, 0.1) is 5.41 Å². The van der Waals surface area contributed by atoms with E-state index < -0.39 is 5.41 Å². The van der Waals surface area contributed by atoms with Crippen molar-refractivity contribution in [2.45, 2.75) is 83.3 Å². The van der Waals surface area contributed by atoms with E-state index in [1.807, 2.05) is 6.92 Å². The first kappa shape index (κ1) is 13.9. The van der Waals surface area contributed by atoms with Crippen LogP contribution in [0.3, 0.4) is 0 Å². The summed E-state index contributed by atoms with van der Waals surface area (Å²) in [5, 5.41) is 0. The van der Waals surface area contributed by atoms with Crippen LogP contribution in [0.15, 0.2) is 0 Å². The van der Waals surface area contributed by atoms with Crippen molar-refractivity contribution >= 4 is 5.97 Å². The largest absolute Gasteiger partial charge is 0.462 e. The van der Waals surface area contributed by atoms with Crippen LogP contribution in [0.25, 0.3) is 0 Å². The standard InChI is InChI=1S/C15H27NO2/c1-15(11-7-6-10-13(15)16)14(17)18-12-8-4-2-3-5-9-12/h12-13H,2-11,16H2,1H3. The predicted octanol–water partition coefficient (Wildman–Crippen LogP) is 3.16. The van der Waals surface area contributed by atoms with Crippen molar-refractivity contribution in [3.8, 4) is 0 Å². The third-order valence-corrected chi connectivity index (χ3v) is 4.82. The SMILES string of the molecule is CC1(C(=O)OC2CCCCCC2)CCCCC1N. The summed E-state index contributed by atoms with van der Waals surface area (Å²) in [4.78, 5) is 12.4. The lowest BCUT2D eigenvalue weighted by Gasteiger charge is -2.37. The Hall–Kier alpha value is -0.570. The number of nitrogens with two attached hydrogens (primary N) is 1. The van der Waals surface area contributed by atoms with E-state index in [0.717, 1.165) is 38.5 Å². The summed E-state index contributed by atoms with van der Waals surface area (Å²) in [7, 11) is 0. The molecule has 0 amide bonds. The maximum Gasteiger partial charge on any atom is 0.313 e. The smallest absolute Gasteiger partial charge is 0.313 e. The van der Waals surface area contributed by atoms with Gasteiger partial charge < -0.3 is 10.5 Å². The summed E-state index contributed by atoms with van der Waals surface area (Å²) in [6.45, 7) is 2.00. The zero-order valence-corrected chi connectivity index (χ0v) is 11.6. The maximum absolute atomic E-state index is 12.4. The molecule has 3 nitrogen and oxygen atoms in total. The van der Waals surface area contributed by atoms with Gasteiger partial charge in [-0.25, -0.2) is 0 Å². The van der Waals surface area contributed by atoms with Crippen LogP contribution in [0.5, 0.6) is 0 Å². The number of ether oxygens (including phenoxy) is 1. The minimum atomic E-state index is -0.440. The molecular weight excluding hydrogens is 226 g/mol. The Balaban J connectivity index is 1.93. The Morgan fingerprint density at radius 3 is 2.28 bits per heavy atom. The second-order valence-electron chi connectivity index (χ2n) is 6.29. The molecule has 2 aliphatic carbocycles. The number of hydrogen-bond acceptors (Lipinski definition) is 3. The van der Waals surface area contributed by atoms with Gasteiger partial charge in [0.2, 0.25) is 0 Å². The molecule has 2 saturated carbocycles. The average molecular weight is 253 g/mol. The van der Waals surface area contributed by atoms with Gasteiger partial charge in [-0.05, 0) is 45.4 Å². The molecule has 2 unspecified atom stereocenters. The third-order valence-electron chi connectivity index (χ3n) is 4.82. The number of hydrogen-bond donors (Lipinski definition) is 1. The van der Waals surface area contributed by atoms with E-state index in [1.165, 1.54) is 25.7 Å². The van der Waals surface area contributed by atoms with E-state index in [-0.39, 0.29) is 18.1 Å². The highest BCUT2D eigenvalue weighted by Crippen LogP contribution is 2.37. The van der Waals surface area contributed by atoms with Crippen molar-refractivity contribution in [3.63, 3.8) is 0 Å². The van der Waals surface area contributed by atoms with Gasteiger partial charge in [0.25, 0.3) is 0 Å². The van der Waals surface area contributed by atoms with E-state index >= 15 is 0 Å². The van der Waals surface area contributed by atoms with Gasteiger partial charge in [0.1, 0.15) is 6.10 Å². The molecule has 2 fully saturated rings. The highest BCUT2D eigenvalue weighted by molar-refractivity contribution is 5.77. The van der Waals surface area contributed by atoms with Crippen LogP contribution in [0.1, 0.15) is 71.1 Å². The zero-order valence-electron chi connectivity index (χ0n) is 11.6. The number of rotatable bonds is 2. The lowest BCUT2D eigenvalue weighted by Crippen LogP contribution is -2.49. The van der Waals surface area contributed by atoms with Gasteiger partial charge in [-0.1, -0.05) is 25.7 Å². The topological polar surface area (TPSA) is 52.3 Å². The molecule has 0 aromatic rings. The Morgan fingerprint density at radius 2 is 1.67 bits per heavy atom. The molecule has 0 aromatic carbocycles. The van der Waals surface area contributed by atoms with E-state index in [4.69, 9.17) is 10.5 Å². The average Bonchev–Trinajstić information content (AvgIpc) is 2.61. The van der Waals surface area contributed by atoms with E-state index in [1.54, 1.807) is 0 Å². The van der Waals surface area contributed by atoms with E-state index in [2.05, 4.69) is 0 Å². The maximum atomic E-state index is 12.4. The molecule has 2 N–H and O–H groups in total. The highest BCUT2D eigenvalue weighted by Gasteiger charge is 2.43. The molecule has 0 radical (unpaired) electrons. The van der Waals surface area contributed by atoms with Crippen molar-refractivity contribution in [2.24, 2.45) is 11.1 Å². The summed E-state index contributed by atoms with van der Waals surface area (Å²) in [5.41, 5.74) is 5.71. The Morgan fingerprint density at radius 1 is 1.06 bits per heavy atom. The molecule has 104 valence electrons. The molecule has 0 saturated heterocycles. The molecule has 2 rings (SSSR count). The van der Waals surface area contributed by atoms with Gasteiger partial charge >= 0.3 is 5.97 Å². The lowest BCUT2D eigenvalue weighted by molar-refractivity contribution is -0.164. The van der Waals surface area contributed by atoms with Crippen molar-refractivity contribution in [3.05, 3.63) is 0 Å². The van der Waals surface area contributed by atoms with E-state index in [0.29, 0.717) is 0 Å². The molecule has 0 bridgehead atoms. The molecule has 2 atom stereocenters. The first-order valence-electron chi connectivity index (χ1n) is 7.59. The zero-order chi connectivity index (χ0) is 13.0. The molecule has 2 aliphatic rings. The molecule has 0 aromatic heterocycles. The molecule has 0 heterocycles. The molecular formula is C15H27NO2. The molecule has 18 heavy (non-hydrogen) atoms. The number of esters is 1. The highest BCUT2D eigenvalue weighted by atomic mass is 16.5. The fraction of sp³-hybridized carbons (Fsp3) is 0.933. The van der Waals surface area contributed by atoms with Crippen molar-refractivity contribution in [1.82, 2.24) is 0 Å². The first-order valence-corrected chi connectivity index (χ1v) is 7.59. The molecule has 0 aliphatic heterocycles. The van der Waals surface area contributed by atoms with Crippen LogP contribution in [-0.2, 0) is 9.53 Å². The van der Waals surface area contributed by atoms with Crippen molar-refractivity contribution < 1.29 is 9.53 Å². The van der Waals surface area contributed by atoms with Crippen molar-refractivity contribution in [2.75, 3.05) is 0 Å². The summed E-state index contributed by atoms with van der Waals surface area (Å²) in [6, 6.07) is -0.0236. The minimum absolute atomic E-state index is 0.0236. The monoisotopic (exact) mass is 253 g/mol. The summed E-state index contributed by atoms with van der Waals surface area (Å²) < 4.78 is 5.77. The van der Waals surface area contributed by atoms with Crippen LogP contribution < -0.4 is 5.73 Å². The van der Waals surface area contributed by atoms with Crippen LogP contribution in [0.4, 0.5) is 0 Å². The molecule has 3 heteroatoms. The summed E-state index contributed by atoms with van der Waals surface area (Å²) >= 11 is 0. The fourth-order valence-electron chi connectivity index (χ4n) is 3.26. The first-order chi connectivity index (χ1) is 8.63. The van der Waals surface area contributed by atoms with Crippen LogP contribution in [-0.4, -0.2) is 18.1 Å². The minimum Gasteiger partial charge on any atom is -0.462 e. The van der Waals surface area contributed by atoms with Crippen LogP contribution in [0.2, 0.25) is 0 Å². The van der Waals surface area contributed by atoms with E-state index in [9.17, 15) is 4.79 Å². The van der Waals surface area contributed by atoms with Gasteiger partial charge in [-0.2, -0.15) is 0 Å². The third kappa shape index (κ3) is 3.05. The summed E-state index contributed by atoms with van der Waals surface area (Å²) in [6.07, 6.45) is 11.3. The second-order valence-corrected chi connectivity index (χ2v) is 6.29. The number of carbonyl (C=O) groups excluding carboxylic acids is 1. The Bertz CT molecular complexity index is 284. The van der Waals surface area contributed by atoms with Crippen LogP contribution >= 0.6 is 0 Å². The van der Waals surface area contributed by atoms with Gasteiger partial charge in [-0.15, -0.1) is 0 Å². The second kappa shape index (κ2) is 6.05. The molecule has 0 spiro atoms. The van der Waals surface area contributed by atoms with Gasteiger partial charge in [-0.3, -0.25) is 4.79 Å². The Labute approximate surface area is 110 Å². The summed E-state index contributed by atoms with van der Waals surface area (Å²) in [5.74, 6) is -0.0402. The van der Waals surface area contributed by atoms with Gasteiger partial charge in [0, 0.05) is 6.04 Å². The van der Waals surface area contributed by atoms with Gasteiger partial charge in [0.15, 0.2) is 0 Å². The predicted molar refractivity (Wildman–Crippen MR) is 72.1 cm³/mol. The quantitative estimate of drug-likeness (QED) is 0.607. The van der Waals surface area contributed by atoms with Crippen molar-refractivity contribution in [1.29, 1.82) is 0 Å². The normalized spacial score (nSPS) is 34.9. The Kier molecular flexibility index (Phi) is 4.66.